The number of aromatic nitrogens is 2. The van der Waals surface area contributed by atoms with Crippen molar-refractivity contribution in [2.75, 3.05) is 5.32 Å². The van der Waals surface area contributed by atoms with E-state index in [2.05, 4.69) is 52.8 Å². The Balaban J connectivity index is 1.55. The molecule has 3 N–H and O–H groups in total. The highest BCUT2D eigenvalue weighted by Gasteiger charge is 2.20. The molecule has 1 unspecified atom stereocenters. The lowest BCUT2D eigenvalue weighted by molar-refractivity contribution is 0.419. The summed E-state index contributed by atoms with van der Waals surface area (Å²) in [6.07, 6.45) is 9.12. The maximum Gasteiger partial charge on any atom is 0.223 e. The van der Waals surface area contributed by atoms with Crippen molar-refractivity contribution in [3.8, 4) is 11.1 Å². The molecule has 3 aromatic rings. The van der Waals surface area contributed by atoms with Gasteiger partial charge in [-0.05, 0) is 36.1 Å². The average Bonchev–Trinajstić information content (AvgIpc) is 2.68. The van der Waals surface area contributed by atoms with E-state index in [1.807, 2.05) is 12.3 Å². The van der Waals surface area contributed by atoms with Crippen molar-refractivity contribution < 1.29 is 0 Å². The number of anilines is 1. The molecular weight excluding hydrogens is 320 g/mol. The fourth-order valence-electron chi connectivity index (χ4n) is 3.77. The molecule has 1 aliphatic carbocycles. The molecule has 4 rings (SSSR count). The number of fused-ring (bicyclic) bond motifs is 1. The Bertz CT molecular complexity index is 862. The van der Waals surface area contributed by atoms with Gasteiger partial charge in [0.2, 0.25) is 5.95 Å². The van der Waals surface area contributed by atoms with Gasteiger partial charge in [-0.1, -0.05) is 62.1 Å². The summed E-state index contributed by atoms with van der Waals surface area (Å²) in [5, 5.41) is 4.54. The molecule has 1 aromatic heterocycles. The molecule has 2 atom stereocenters. The number of hydrogen-bond donors (Lipinski definition) is 2. The van der Waals surface area contributed by atoms with Crippen LogP contribution in [-0.4, -0.2) is 22.1 Å². The van der Waals surface area contributed by atoms with Crippen LogP contribution in [0.15, 0.2) is 54.7 Å². The highest BCUT2D eigenvalue weighted by Crippen LogP contribution is 2.24. The Morgan fingerprint density at radius 1 is 0.885 bits per heavy atom. The summed E-state index contributed by atoms with van der Waals surface area (Å²) < 4.78 is 0. The molecular formula is C22H26N4. The van der Waals surface area contributed by atoms with E-state index in [1.54, 1.807) is 0 Å². The molecule has 0 saturated heterocycles. The first-order chi connectivity index (χ1) is 12.8. The molecule has 26 heavy (non-hydrogen) atoms. The molecule has 2 aromatic carbocycles. The van der Waals surface area contributed by atoms with Crippen molar-refractivity contribution >= 4 is 16.9 Å². The van der Waals surface area contributed by atoms with Crippen LogP contribution < -0.4 is 11.1 Å². The number of benzene rings is 2. The largest absolute Gasteiger partial charge is 0.350 e. The number of hydrogen-bond acceptors (Lipinski definition) is 4. The van der Waals surface area contributed by atoms with Crippen molar-refractivity contribution in [2.45, 2.75) is 50.6 Å². The third kappa shape index (κ3) is 3.86. The zero-order valence-electron chi connectivity index (χ0n) is 15.1. The standard InChI is InChI=1S/C22H26N4/c23-19-10-6-1-2-7-11-21(19)26-22-24-15-18-14-17(12-13-20(18)25-22)16-8-4-3-5-9-16/h3-5,8-9,12-15,19,21H,1-2,6-7,10-11,23H2,(H,24,25,26)/t19-,21?/m0/s1. The molecule has 134 valence electrons. The third-order valence-corrected chi connectivity index (χ3v) is 5.32. The average molecular weight is 346 g/mol. The molecule has 0 aliphatic heterocycles. The molecule has 0 radical (unpaired) electrons. The first-order valence-corrected chi connectivity index (χ1v) is 9.64. The van der Waals surface area contributed by atoms with Crippen LogP contribution in [0.4, 0.5) is 5.95 Å². The van der Waals surface area contributed by atoms with Crippen LogP contribution in [-0.2, 0) is 0 Å². The van der Waals surface area contributed by atoms with Crippen LogP contribution in [0.25, 0.3) is 22.0 Å². The quantitative estimate of drug-likeness (QED) is 0.718. The second-order valence-corrected chi connectivity index (χ2v) is 7.24. The lowest BCUT2D eigenvalue weighted by atomic mass is 9.93. The molecule has 0 spiro atoms. The van der Waals surface area contributed by atoms with Crippen molar-refractivity contribution in [1.82, 2.24) is 9.97 Å². The maximum absolute atomic E-state index is 6.38. The minimum atomic E-state index is 0.176. The van der Waals surface area contributed by atoms with Gasteiger partial charge in [0.25, 0.3) is 0 Å². The fourth-order valence-corrected chi connectivity index (χ4v) is 3.77. The molecule has 0 amide bonds. The minimum Gasteiger partial charge on any atom is -0.350 e. The van der Waals surface area contributed by atoms with Gasteiger partial charge in [0.1, 0.15) is 0 Å². The van der Waals surface area contributed by atoms with E-state index in [-0.39, 0.29) is 12.1 Å². The molecule has 1 saturated carbocycles. The summed E-state index contributed by atoms with van der Waals surface area (Å²) in [5.41, 5.74) is 9.73. The van der Waals surface area contributed by atoms with E-state index in [0.29, 0.717) is 5.95 Å². The summed E-state index contributed by atoms with van der Waals surface area (Å²) in [4.78, 5) is 9.26. The van der Waals surface area contributed by atoms with Gasteiger partial charge in [-0.15, -0.1) is 0 Å². The highest BCUT2D eigenvalue weighted by molar-refractivity contribution is 5.84. The van der Waals surface area contributed by atoms with Gasteiger partial charge in [0, 0.05) is 23.7 Å². The summed E-state index contributed by atoms with van der Waals surface area (Å²) in [6.45, 7) is 0. The van der Waals surface area contributed by atoms with E-state index < -0.39 is 0 Å². The van der Waals surface area contributed by atoms with E-state index in [9.17, 15) is 0 Å². The zero-order valence-corrected chi connectivity index (χ0v) is 15.1. The Labute approximate surface area is 154 Å². The lowest BCUT2D eigenvalue weighted by Crippen LogP contribution is -2.41. The highest BCUT2D eigenvalue weighted by atomic mass is 15.1. The van der Waals surface area contributed by atoms with E-state index in [0.717, 1.165) is 23.7 Å². The Hall–Kier alpha value is -2.46. The monoisotopic (exact) mass is 346 g/mol. The minimum absolute atomic E-state index is 0.176. The van der Waals surface area contributed by atoms with Gasteiger partial charge in [0.15, 0.2) is 0 Å². The Kier molecular flexibility index (Phi) is 5.12. The number of nitrogens with two attached hydrogens (primary N) is 1. The number of nitrogens with zero attached hydrogens (tertiary/aromatic N) is 2. The first-order valence-electron chi connectivity index (χ1n) is 9.64. The van der Waals surface area contributed by atoms with Crippen molar-refractivity contribution in [3.63, 3.8) is 0 Å². The molecule has 1 fully saturated rings. The second-order valence-electron chi connectivity index (χ2n) is 7.24. The Morgan fingerprint density at radius 2 is 1.69 bits per heavy atom. The number of nitrogens with one attached hydrogen (secondary N) is 1. The molecule has 1 aliphatic rings. The van der Waals surface area contributed by atoms with Gasteiger partial charge in [-0.3, -0.25) is 0 Å². The SMILES string of the molecule is N[C@H]1CCCCCCC1Nc1ncc2cc(-c3ccccc3)ccc2n1. The van der Waals surface area contributed by atoms with Crippen molar-refractivity contribution in [3.05, 3.63) is 54.7 Å². The lowest BCUT2D eigenvalue weighted by Gasteiger charge is -2.27. The zero-order chi connectivity index (χ0) is 17.8. The van der Waals surface area contributed by atoms with Crippen LogP contribution in [0.2, 0.25) is 0 Å². The first kappa shape index (κ1) is 17.0. The van der Waals surface area contributed by atoms with Gasteiger partial charge < -0.3 is 11.1 Å². The predicted octanol–water partition coefficient (Wildman–Crippen LogP) is 4.76. The van der Waals surface area contributed by atoms with Crippen LogP contribution in [0, 0.1) is 0 Å². The van der Waals surface area contributed by atoms with Crippen LogP contribution in [0.3, 0.4) is 0 Å². The van der Waals surface area contributed by atoms with Crippen LogP contribution in [0.1, 0.15) is 38.5 Å². The summed E-state index contributed by atoms with van der Waals surface area (Å²) in [5.74, 6) is 0.686. The van der Waals surface area contributed by atoms with E-state index in [4.69, 9.17) is 10.7 Å². The maximum atomic E-state index is 6.38. The van der Waals surface area contributed by atoms with E-state index >= 15 is 0 Å². The molecule has 4 heteroatoms. The van der Waals surface area contributed by atoms with E-state index in [1.165, 1.54) is 36.8 Å². The van der Waals surface area contributed by atoms with Gasteiger partial charge in [-0.2, -0.15) is 0 Å². The molecule has 4 nitrogen and oxygen atoms in total. The third-order valence-electron chi connectivity index (χ3n) is 5.32. The molecule has 0 bridgehead atoms. The fraction of sp³-hybridized carbons (Fsp3) is 0.364. The summed E-state index contributed by atoms with van der Waals surface area (Å²) in [6, 6.07) is 17.2. The van der Waals surface area contributed by atoms with Crippen molar-refractivity contribution in [1.29, 1.82) is 0 Å². The van der Waals surface area contributed by atoms with Gasteiger partial charge in [-0.25, -0.2) is 9.97 Å². The van der Waals surface area contributed by atoms with Crippen molar-refractivity contribution in [2.24, 2.45) is 5.73 Å². The Morgan fingerprint density at radius 3 is 2.54 bits per heavy atom. The molecule has 1 heterocycles. The predicted molar refractivity (Wildman–Crippen MR) is 108 cm³/mol. The normalized spacial score (nSPS) is 21.1. The van der Waals surface area contributed by atoms with Gasteiger partial charge >= 0.3 is 0 Å². The topological polar surface area (TPSA) is 63.8 Å². The van der Waals surface area contributed by atoms with Crippen LogP contribution in [0.5, 0.6) is 0 Å². The van der Waals surface area contributed by atoms with Crippen LogP contribution >= 0.6 is 0 Å². The van der Waals surface area contributed by atoms with Gasteiger partial charge in [0.05, 0.1) is 5.52 Å². The summed E-state index contributed by atoms with van der Waals surface area (Å²) >= 11 is 0. The number of rotatable bonds is 3. The summed E-state index contributed by atoms with van der Waals surface area (Å²) in [7, 11) is 0. The smallest absolute Gasteiger partial charge is 0.223 e. The second kappa shape index (κ2) is 7.83.